The average Bonchev–Trinajstić information content (AvgIpc) is 3.89. The van der Waals surface area contributed by atoms with Gasteiger partial charge in [0.1, 0.15) is 35.4 Å². The summed E-state index contributed by atoms with van der Waals surface area (Å²) < 4.78 is 153. The molecule has 322 valence electrons. The number of nitrogens with one attached hydrogen (secondary N) is 1. The maximum atomic E-state index is 15.4. The van der Waals surface area contributed by atoms with Gasteiger partial charge in [0, 0.05) is 42.6 Å². The van der Waals surface area contributed by atoms with Crippen LogP contribution in [-0.4, -0.2) is 64.3 Å². The number of sulfonamides is 1. The average molecular weight is 885 g/mol. The van der Waals surface area contributed by atoms with Crippen molar-refractivity contribution in [3.05, 3.63) is 141 Å². The van der Waals surface area contributed by atoms with Gasteiger partial charge in [-0.1, -0.05) is 18.2 Å². The molecule has 1 amide bonds. The number of morpholine rings is 1. The molecule has 0 spiro atoms. The second-order valence-electron chi connectivity index (χ2n) is 15.2. The summed E-state index contributed by atoms with van der Waals surface area (Å²) in [5, 5.41) is 6.18. The number of nitrogens with zero attached hydrogens (tertiary/aromatic N) is 5. The lowest BCUT2D eigenvalue weighted by molar-refractivity contribution is -0.123. The minimum Gasteiger partial charge on any atom is -0.379 e. The Bertz CT molecular complexity index is 2940. The first-order valence-corrected chi connectivity index (χ1v) is 20.7. The van der Waals surface area contributed by atoms with Crippen molar-refractivity contribution >= 4 is 26.8 Å². The number of alkyl halides is 4. The third kappa shape index (κ3) is 7.22. The van der Waals surface area contributed by atoms with Crippen LogP contribution in [0.5, 0.6) is 0 Å². The third-order valence-electron chi connectivity index (χ3n) is 11.3. The van der Waals surface area contributed by atoms with Gasteiger partial charge in [0.25, 0.3) is 17.9 Å². The molecule has 2 fully saturated rings. The largest absolute Gasteiger partial charge is 0.379 e. The van der Waals surface area contributed by atoms with Gasteiger partial charge < -0.3 is 10.1 Å². The lowest BCUT2D eigenvalue weighted by atomic mass is 10.0. The van der Waals surface area contributed by atoms with Crippen molar-refractivity contribution < 1.29 is 53.1 Å². The van der Waals surface area contributed by atoms with Gasteiger partial charge in [-0.25, -0.2) is 39.7 Å². The molecule has 2 aromatic heterocycles. The van der Waals surface area contributed by atoms with Crippen LogP contribution in [0.2, 0.25) is 0 Å². The van der Waals surface area contributed by atoms with E-state index in [0.717, 1.165) is 22.8 Å². The number of fused-ring (bicyclic) bond motifs is 4. The van der Waals surface area contributed by atoms with Crippen molar-refractivity contribution in [1.29, 1.82) is 0 Å². The first kappa shape index (κ1) is 41.4. The predicted molar refractivity (Wildman–Crippen MR) is 205 cm³/mol. The summed E-state index contributed by atoms with van der Waals surface area (Å²) in [6.07, 6.45) is -3.76. The molecule has 20 heteroatoms. The Kier molecular flexibility index (Phi) is 10.3. The fourth-order valence-corrected chi connectivity index (χ4v) is 9.82. The molecule has 2 aliphatic carbocycles. The Morgan fingerprint density at radius 1 is 0.935 bits per heavy atom. The van der Waals surface area contributed by atoms with E-state index in [0.29, 0.717) is 10.7 Å². The van der Waals surface area contributed by atoms with Crippen LogP contribution in [0, 0.1) is 29.2 Å². The van der Waals surface area contributed by atoms with Crippen LogP contribution in [-0.2, 0) is 38.4 Å². The summed E-state index contributed by atoms with van der Waals surface area (Å²) in [4.78, 5) is 33.2. The highest BCUT2D eigenvalue weighted by molar-refractivity contribution is 7.89. The van der Waals surface area contributed by atoms with E-state index in [1.165, 1.54) is 58.9 Å². The molecular formula is C42H32F8N6O5S. The van der Waals surface area contributed by atoms with Crippen LogP contribution >= 0.6 is 0 Å². The molecule has 0 bridgehead atoms. The zero-order chi connectivity index (χ0) is 43.8. The molecule has 9 rings (SSSR count). The second-order valence-corrected chi connectivity index (χ2v) is 17.2. The van der Waals surface area contributed by atoms with Gasteiger partial charge in [0.05, 0.1) is 40.7 Å². The summed E-state index contributed by atoms with van der Waals surface area (Å²) in [6.45, 7) is -0.485. The van der Waals surface area contributed by atoms with Gasteiger partial charge >= 0.3 is 0 Å². The highest BCUT2D eigenvalue weighted by Gasteiger charge is 2.67. The van der Waals surface area contributed by atoms with Gasteiger partial charge in [-0.05, 0) is 78.1 Å². The van der Waals surface area contributed by atoms with Crippen LogP contribution in [0.4, 0.5) is 35.1 Å². The summed E-state index contributed by atoms with van der Waals surface area (Å²) >= 11 is 0. The number of hydrogen-bond donors (Lipinski definition) is 1. The zero-order valence-electron chi connectivity index (χ0n) is 32.0. The molecule has 0 radical (unpaired) electrons. The summed E-state index contributed by atoms with van der Waals surface area (Å²) in [6, 6.07) is 13.3. The summed E-state index contributed by atoms with van der Waals surface area (Å²) in [5.41, 5.74) is -3.16. The topological polar surface area (TPSA) is 128 Å². The SMILES string of the molecule is O=C(Cn1nc(C(F)F)c2c1C(F)(F)C1CC21)N[C@@H](Cc1cc(F)cc(F)c1)c1nc2cc(-c3cccc(F)c3F)ccc2c(=O)n1-c1ccc(S(=O)(=O)N2CCOCC2)cc1. The molecule has 1 saturated carbocycles. The van der Waals surface area contributed by atoms with Crippen molar-refractivity contribution in [2.45, 2.75) is 48.6 Å². The lowest BCUT2D eigenvalue weighted by Crippen LogP contribution is -2.40. The van der Waals surface area contributed by atoms with Crippen molar-refractivity contribution in [1.82, 2.24) is 29.0 Å². The molecule has 4 aromatic carbocycles. The number of hydrogen-bond acceptors (Lipinski definition) is 7. The molecule has 1 aliphatic heterocycles. The fourth-order valence-electron chi connectivity index (χ4n) is 8.41. The predicted octanol–water partition coefficient (Wildman–Crippen LogP) is 7.07. The molecule has 62 heavy (non-hydrogen) atoms. The van der Waals surface area contributed by atoms with Crippen LogP contribution in [0.1, 0.15) is 53.1 Å². The number of halogens is 8. The normalized spacial score (nSPS) is 18.8. The number of aromatic nitrogens is 4. The van der Waals surface area contributed by atoms with E-state index >= 15 is 13.2 Å². The van der Waals surface area contributed by atoms with Crippen molar-refractivity contribution in [3.8, 4) is 16.8 Å². The first-order valence-electron chi connectivity index (χ1n) is 19.2. The van der Waals surface area contributed by atoms with E-state index in [1.807, 2.05) is 0 Å². The summed E-state index contributed by atoms with van der Waals surface area (Å²) in [7, 11) is -4.03. The van der Waals surface area contributed by atoms with Crippen LogP contribution < -0.4 is 10.9 Å². The molecule has 3 aliphatic rings. The molecule has 3 heterocycles. The van der Waals surface area contributed by atoms with Crippen molar-refractivity contribution in [2.24, 2.45) is 5.92 Å². The minimum absolute atomic E-state index is 0.00408. The maximum Gasteiger partial charge on any atom is 0.293 e. The van der Waals surface area contributed by atoms with E-state index in [2.05, 4.69) is 15.4 Å². The van der Waals surface area contributed by atoms with Gasteiger partial charge in [0.2, 0.25) is 15.9 Å². The molecular weight excluding hydrogens is 853 g/mol. The Labute approximate surface area is 346 Å². The number of benzene rings is 4. The fraction of sp³-hybridized carbons (Fsp3) is 0.286. The van der Waals surface area contributed by atoms with Gasteiger partial charge in [-0.15, -0.1) is 0 Å². The minimum atomic E-state index is -4.03. The van der Waals surface area contributed by atoms with E-state index < -0.39 is 99.3 Å². The highest BCUT2D eigenvalue weighted by atomic mass is 32.2. The van der Waals surface area contributed by atoms with Crippen molar-refractivity contribution in [3.63, 3.8) is 0 Å². The molecule has 6 aromatic rings. The van der Waals surface area contributed by atoms with Crippen molar-refractivity contribution in [2.75, 3.05) is 26.3 Å². The molecule has 1 saturated heterocycles. The van der Waals surface area contributed by atoms with E-state index in [-0.39, 0.29) is 82.3 Å². The first-order chi connectivity index (χ1) is 29.5. The number of carbonyl (C=O) groups excluding carboxylic acids is 1. The van der Waals surface area contributed by atoms with Crippen LogP contribution in [0.15, 0.2) is 88.6 Å². The second kappa shape index (κ2) is 15.4. The van der Waals surface area contributed by atoms with E-state index in [4.69, 9.17) is 4.74 Å². The standard InChI is InChI=1S/C42H32F8N6O5S/c43-23-14-21(15-24(44)18-23)16-33(51-34(57)20-55-38-35(37(53-55)39(47)48)29-19-30(29)42(38,49)50)40-52-32-17-22(27-2-1-3-31(45)36(27)46)4-9-28(32)41(58)56(40)25-5-7-26(8-6-25)62(59,60)54-10-12-61-13-11-54/h1-9,14-15,17-18,29-30,33,39H,10-13,16,19-20H2,(H,51,57)/t29?,30?,33-/m0/s1. The Hall–Kier alpha value is -5.99. The van der Waals surface area contributed by atoms with Crippen LogP contribution in [0.25, 0.3) is 27.7 Å². The molecule has 11 nitrogen and oxygen atoms in total. The van der Waals surface area contributed by atoms with Crippen LogP contribution in [0.3, 0.4) is 0 Å². The summed E-state index contributed by atoms with van der Waals surface area (Å²) in [5.74, 6) is -11.5. The molecule has 3 atom stereocenters. The highest BCUT2D eigenvalue weighted by Crippen LogP contribution is 2.68. The number of rotatable bonds is 11. The third-order valence-corrected chi connectivity index (χ3v) is 13.2. The zero-order valence-corrected chi connectivity index (χ0v) is 32.8. The van der Waals surface area contributed by atoms with Gasteiger partial charge in [-0.2, -0.15) is 18.2 Å². The molecule has 1 N–H and O–H groups in total. The van der Waals surface area contributed by atoms with E-state index in [9.17, 15) is 40.0 Å². The smallest absolute Gasteiger partial charge is 0.293 e. The number of ether oxygens (including phenoxy) is 1. The number of amides is 1. The molecule has 2 unspecified atom stereocenters. The Balaban J connectivity index is 1.19. The van der Waals surface area contributed by atoms with Gasteiger partial charge in [0.15, 0.2) is 11.6 Å². The Morgan fingerprint density at radius 2 is 1.65 bits per heavy atom. The van der Waals surface area contributed by atoms with Gasteiger partial charge in [-0.3, -0.25) is 18.8 Å². The van der Waals surface area contributed by atoms with E-state index in [1.54, 1.807) is 0 Å². The quantitative estimate of drug-likeness (QED) is 0.138. The lowest BCUT2D eigenvalue weighted by Gasteiger charge is -2.26. The maximum absolute atomic E-state index is 15.4. The Morgan fingerprint density at radius 3 is 2.34 bits per heavy atom. The number of carbonyl (C=O) groups is 1. The monoisotopic (exact) mass is 884 g/mol.